The standard InChI is InChI=1S/C16H19N3O4/c1-10-4-2-3-5-11(10)18-15-12-6-7-13(16(21)22)19(12)17-8-14(15)23-9-20/h6-11,18H,2-5H2,1H3,(H,21,22). The molecule has 2 aromatic rings. The lowest BCUT2D eigenvalue weighted by atomic mass is 9.86. The Bertz CT molecular complexity index is 740. The molecular formula is C16H19N3O4. The molecule has 2 unspecified atom stereocenters. The molecule has 0 saturated heterocycles. The smallest absolute Gasteiger partial charge is 0.354 e. The number of nitrogens with zero attached hydrogens (tertiary/aromatic N) is 2. The van der Waals surface area contributed by atoms with Crippen LogP contribution in [0.2, 0.25) is 0 Å². The minimum atomic E-state index is -1.06. The van der Waals surface area contributed by atoms with Crippen molar-refractivity contribution in [1.29, 1.82) is 0 Å². The Labute approximate surface area is 133 Å². The largest absolute Gasteiger partial charge is 0.477 e. The highest BCUT2D eigenvalue weighted by Crippen LogP contribution is 2.34. The molecule has 2 heterocycles. The number of nitrogens with one attached hydrogen (secondary N) is 1. The number of aromatic carboxylic acids is 1. The van der Waals surface area contributed by atoms with Gasteiger partial charge in [0.2, 0.25) is 0 Å². The van der Waals surface area contributed by atoms with Crippen LogP contribution in [0.5, 0.6) is 5.75 Å². The summed E-state index contributed by atoms with van der Waals surface area (Å²) >= 11 is 0. The quantitative estimate of drug-likeness (QED) is 0.823. The van der Waals surface area contributed by atoms with Crippen molar-refractivity contribution in [2.75, 3.05) is 5.32 Å². The van der Waals surface area contributed by atoms with Crippen LogP contribution in [0.25, 0.3) is 5.52 Å². The fraction of sp³-hybridized carbons (Fsp3) is 0.438. The number of aromatic nitrogens is 2. The molecule has 2 aromatic heterocycles. The van der Waals surface area contributed by atoms with Gasteiger partial charge in [0.05, 0.1) is 11.7 Å². The number of hydrogen-bond donors (Lipinski definition) is 2. The molecule has 3 rings (SSSR count). The Balaban J connectivity index is 2.05. The Morgan fingerprint density at radius 2 is 2.22 bits per heavy atom. The van der Waals surface area contributed by atoms with Crippen molar-refractivity contribution in [3.05, 3.63) is 24.0 Å². The van der Waals surface area contributed by atoms with Gasteiger partial charge in [0.1, 0.15) is 5.69 Å². The van der Waals surface area contributed by atoms with E-state index in [4.69, 9.17) is 4.74 Å². The molecule has 7 nitrogen and oxygen atoms in total. The van der Waals surface area contributed by atoms with Crippen LogP contribution in [-0.2, 0) is 4.79 Å². The second-order valence-electron chi connectivity index (χ2n) is 5.93. The van der Waals surface area contributed by atoms with Crippen LogP contribution >= 0.6 is 0 Å². The van der Waals surface area contributed by atoms with E-state index in [0.29, 0.717) is 29.3 Å². The van der Waals surface area contributed by atoms with Crippen molar-refractivity contribution >= 4 is 23.6 Å². The van der Waals surface area contributed by atoms with Gasteiger partial charge in [-0.15, -0.1) is 0 Å². The molecule has 0 bridgehead atoms. The number of hydrogen-bond acceptors (Lipinski definition) is 5. The fourth-order valence-electron chi connectivity index (χ4n) is 3.21. The molecule has 0 aromatic carbocycles. The summed E-state index contributed by atoms with van der Waals surface area (Å²) in [5, 5.41) is 16.7. The van der Waals surface area contributed by atoms with E-state index in [0.717, 1.165) is 19.3 Å². The van der Waals surface area contributed by atoms with Gasteiger partial charge in [-0.3, -0.25) is 4.79 Å². The lowest BCUT2D eigenvalue weighted by molar-refractivity contribution is -0.120. The highest BCUT2D eigenvalue weighted by molar-refractivity contribution is 5.90. The van der Waals surface area contributed by atoms with Crippen LogP contribution < -0.4 is 10.1 Å². The molecule has 2 atom stereocenters. The lowest BCUT2D eigenvalue weighted by Crippen LogP contribution is -2.30. The molecule has 1 saturated carbocycles. The summed E-state index contributed by atoms with van der Waals surface area (Å²) in [6, 6.07) is 3.42. The number of carboxylic acids is 1. The van der Waals surface area contributed by atoms with Crippen LogP contribution in [0.1, 0.15) is 43.1 Å². The summed E-state index contributed by atoms with van der Waals surface area (Å²) in [6.45, 7) is 2.54. The number of rotatable bonds is 5. The summed E-state index contributed by atoms with van der Waals surface area (Å²) in [4.78, 5) is 22.0. The first-order chi connectivity index (χ1) is 11.1. The van der Waals surface area contributed by atoms with Gasteiger partial charge in [0, 0.05) is 6.04 Å². The molecular weight excluding hydrogens is 298 g/mol. The zero-order valence-corrected chi connectivity index (χ0v) is 12.9. The summed E-state index contributed by atoms with van der Waals surface area (Å²) in [6.07, 6.45) is 5.91. The third-order valence-electron chi connectivity index (χ3n) is 4.48. The number of anilines is 1. The number of fused-ring (bicyclic) bond motifs is 1. The summed E-state index contributed by atoms with van der Waals surface area (Å²) in [5.41, 5.74) is 1.26. The maximum absolute atomic E-state index is 11.3. The van der Waals surface area contributed by atoms with Gasteiger partial charge in [-0.05, 0) is 30.9 Å². The van der Waals surface area contributed by atoms with Crippen molar-refractivity contribution in [2.24, 2.45) is 5.92 Å². The number of carboxylic acid groups (broad SMARTS) is 1. The number of ether oxygens (including phenoxy) is 1. The van der Waals surface area contributed by atoms with Crippen LogP contribution in [0, 0.1) is 5.92 Å². The Hall–Kier alpha value is -2.57. The van der Waals surface area contributed by atoms with Crippen molar-refractivity contribution in [2.45, 2.75) is 38.6 Å². The topological polar surface area (TPSA) is 92.9 Å². The van der Waals surface area contributed by atoms with Gasteiger partial charge in [0.25, 0.3) is 6.47 Å². The van der Waals surface area contributed by atoms with E-state index in [1.54, 1.807) is 6.07 Å². The first kappa shape index (κ1) is 15.3. The highest BCUT2D eigenvalue weighted by atomic mass is 16.5. The minimum absolute atomic E-state index is 0.0670. The molecule has 0 amide bonds. The second-order valence-corrected chi connectivity index (χ2v) is 5.93. The van der Waals surface area contributed by atoms with E-state index in [-0.39, 0.29) is 11.7 Å². The first-order valence-electron chi connectivity index (χ1n) is 7.72. The normalized spacial score (nSPS) is 21.1. The molecule has 23 heavy (non-hydrogen) atoms. The third kappa shape index (κ3) is 2.86. The van der Waals surface area contributed by atoms with Gasteiger partial charge in [-0.25, -0.2) is 9.31 Å². The van der Waals surface area contributed by atoms with Crippen molar-refractivity contribution < 1.29 is 19.4 Å². The van der Waals surface area contributed by atoms with Gasteiger partial charge >= 0.3 is 5.97 Å². The van der Waals surface area contributed by atoms with E-state index < -0.39 is 5.97 Å². The van der Waals surface area contributed by atoms with Crippen LogP contribution in [0.3, 0.4) is 0 Å². The van der Waals surface area contributed by atoms with Crippen LogP contribution in [-0.4, -0.2) is 33.2 Å². The maximum atomic E-state index is 11.3. The van der Waals surface area contributed by atoms with E-state index in [1.807, 2.05) is 0 Å². The summed E-state index contributed by atoms with van der Waals surface area (Å²) in [5.74, 6) is -0.256. The van der Waals surface area contributed by atoms with Gasteiger partial charge in [-0.1, -0.05) is 19.8 Å². The first-order valence-corrected chi connectivity index (χ1v) is 7.72. The molecule has 0 aliphatic heterocycles. The molecule has 1 aliphatic carbocycles. The minimum Gasteiger partial charge on any atom is -0.477 e. The third-order valence-corrected chi connectivity index (χ3v) is 4.48. The molecule has 2 N–H and O–H groups in total. The van der Waals surface area contributed by atoms with Crippen molar-refractivity contribution in [3.8, 4) is 5.75 Å². The molecule has 1 fully saturated rings. The molecule has 0 spiro atoms. The zero-order valence-electron chi connectivity index (χ0n) is 12.9. The Morgan fingerprint density at radius 1 is 1.43 bits per heavy atom. The Kier molecular flexibility index (Phi) is 4.18. The van der Waals surface area contributed by atoms with Gasteiger partial charge < -0.3 is 15.2 Å². The van der Waals surface area contributed by atoms with Crippen molar-refractivity contribution in [1.82, 2.24) is 9.61 Å². The van der Waals surface area contributed by atoms with Gasteiger partial charge in [0.15, 0.2) is 11.4 Å². The zero-order chi connectivity index (χ0) is 16.4. The average Bonchev–Trinajstić information content (AvgIpc) is 2.96. The molecule has 0 radical (unpaired) electrons. The second kappa shape index (κ2) is 6.28. The number of carbonyl (C=O) groups is 2. The summed E-state index contributed by atoms with van der Waals surface area (Å²) in [7, 11) is 0. The van der Waals surface area contributed by atoms with Crippen LogP contribution in [0.4, 0.5) is 5.69 Å². The SMILES string of the molecule is CC1CCCCC1Nc1c(OC=O)cnn2c(C(=O)O)ccc12. The predicted molar refractivity (Wildman–Crippen MR) is 83.9 cm³/mol. The molecule has 122 valence electrons. The van der Waals surface area contributed by atoms with E-state index in [2.05, 4.69) is 17.3 Å². The van der Waals surface area contributed by atoms with E-state index >= 15 is 0 Å². The van der Waals surface area contributed by atoms with Gasteiger partial charge in [-0.2, -0.15) is 5.10 Å². The van der Waals surface area contributed by atoms with E-state index in [9.17, 15) is 14.7 Å². The summed E-state index contributed by atoms with van der Waals surface area (Å²) < 4.78 is 6.37. The maximum Gasteiger partial charge on any atom is 0.354 e. The highest BCUT2D eigenvalue weighted by Gasteiger charge is 2.24. The van der Waals surface area contributed by atoms with E-state index in [1.165, 1.54) is 23.2 Å². The fourth-order valence-corrected chi connectivity index (χ4v) is 3.21. The molecule has 7 heteroatoms. The monoisotopic (exact) mass is 317 g/mol. The van der Waals surface area contributed by atoms with Crippen molar-refractivity contribution in [3.63, 3.8) is 0 Å². The Morgan fingerprint density at radius 3 is 2.91 bits per heavy atom. The lowest BCUT2D eigenvalue weighted by Gasteiger charge is -2.31. The predicted octanol–water partition coefficient (Wildman–Crippen LogP) is 2.56. The average molecular weight is 317 g/mol. The molecule has 1 aliphatic rings. The van der Waals surface area contributed by atoms with Crippen LogP contribution in [0.15, 0.2) is 18.3 Å². The number of carbonyl (C=O) groups excluding carboxylic acids is 1.